The van der Waals surface area contributed by atoms with Gasteiger partial charge in [-0.05, 0) is 25.1 Å². The van der Waals surface area contributed by atoms with E-state index in [9.17, 15) is 27.2 Å². The van der Waals surface area contributed by atoms with Crippen LogP contribution in [0.25, 0.3) is 10.9 Å². The molecule has 140 valence electrons. The summed E-state index contributed by atoms with van der Waals surface area (Å²) < 4.78 is 53.9. The van der Waals surface area contributed by atoms with Crippen molar-refractivity contribution in [2.24, 2.45) is 0 Å². The lowest BCUT2D eigenvalue weighted by molar-refractivity contribution is -0.121. The zero-order valence-electron chi connectivity index (χ0n) is 13.9. The third-order valence-electron chi connectivity index (χ3n) is 3.97. The molecule has 1 atom stereocenters. The van der Waals surface area contributed by atoms with Gasteiger partial charge in [-0.3, -0.25) is 14.6 Å². The van der Waals surface area contributed by atoms with Crippen LogP contribution in [0.1, 0.15) is 24.2 Å². The summed E-state index contributed by atoms with van der Waals surface area (Å²) in [5, 5.41) is 2.25. The molecule has 1 amide bonds. The van der Waals surface area contributed by atoms with E-state index < -0.39 is 47.2 Å². The number of fused-ring (bicyclic) bond motifs is 1. The second kappa shape index (κ2) is 7.18. The highest BCUT2D eigenvalue weighted by Crippen LogP contribution is 2.19. The van der Waals surface area contributed by atoms with Gasteiger partial charge in [-0.2, -0.15) is 0 Å². The van der Waals surface area contributed by atoms with E-state index in [-0.39, 0.29) is 22.2 Å². The maximum atomic E-state index is 13.9. The van der Waals surface area contributed by atoms with Crippen molar-refractivity contribution in [3.05, 3.63) is 75.3 Å². The van der Waals surface area contributed by atoms with E-state index in [1.807, 2.05) is 0 Å². The number of benzene rings is 1. The largest absolute Gasteiger partial charge is 0.348 e. The molecule has 3 aromatic rings. The van der Waals surface area contributed by atoms with E-state index >= 15 is 0 Å². The van der Waals surface area contributed by atoms with E-state index in [0.29, 0.717) is 6.07 Å². The number of nitrogens with one attached hydrogen (secondary N) is 2. The standard InChI is InChI=1S/C18H13F4N3O2/c1-8(17-13(21)6-10(19)7-23-17)24-15(26)5-9-4-11-14(25-18(9)27)3-2-12(20)16(11)22/h2-4,6-8H,5H2,1H3,(H,24,26)(H,25,27)/t8-/m1/s1. The summed E-state index contributed by atoms with van der Waals surface area (Å²) in [6, 6.07) is 2.92. The van der Waals surface area contributed by atoms with Gasteiger partial charge in [-0.15, -0.1) is 0 Å². The summed E-state index contributed by atoms with van der Waals surface area (Å²) in [6.45, 7) is 1.43. The number of aromatic amines is 1. The highest BCUT2D eigenvalue weighted by Gasteiger charge is 2.18. The number of carbonyl (C=O) groups is 1. The van der Waals surface area contributed by atoms with Crippen LogP contribution in [-0.2, 0) is 11.2 Å². The molecule has 0 aliphatic carbocycles. The molecule has 9 heteroatoms. The second-order valence-corrected chi connectivity index (χ2v) is 5.93. The van der Waals surface area contributed by atoms with Crippen LogP contribution in [0.2, 0.25) is 0 Å². The Bertz CT molecular complexity index is 1100. The number of amides is 1. The average Bonchev–Trinajstić information content (AvgIpc) is 2.59. The van der Waals surface area contributed by atoms with Crippen molar-refractivity contribution in [1.29, 1.82) is 0 Å². The molecule has 0 radical (unpaired) electrons. The molecule has 2 N–H and O–H groups in total. The molecule has 0 saturated heterocycles. The number of hydrogen-bond donors (Lipinski definition) is 2. The molecule has 0 saturated carbocycles. The molecular formula is C18H13F4N3O2. The summed E-state index contributed by atoms with van der Waals surface area (Å²) in [7, 11) is 0. The highest BCUT2D eigenvalue weighted by molar-refractivity contribution is 5.83. The van der Waals surface area contributed by atoms with Crippen molar-refractivity contribution in [1.82, 2.24) is 15.3 Å². The van der Waals surface area contributed by atoms with Gasteiger partial charge < -0.3 is 10.3 Å². The lowest BCUT2D eigenvalue weighted by Crippen LogP contribution is -2.31. The van der Waals surface area contributed by atoms with Crippen LogP contribution < -0.4 is 10.9 Å². The average molecular weight is 379 g/mol. The molecule has 0 fully saturated rings. The SMILES string of the molecule is C[C@@H](NC(=O)Cc1cc2c(F)c(F)ccc2[nH]c1=O)c1ncc(F)cc1F. The van der Waals surface area contributed by atoms with Gasteiger partial charge in [0.25, 0.3) is 5.56 Å². The van der Waals surface area contributed by atoms with Crippen LogP contribution in [0.3, 0.4) is 0 Å². The first kappa shape index (κ1) is 18.6. The van der Waals surface area contributed by atoms with Gasteiger partial charge in [0.2, 0.25) is 5.91 Å². The molecule has 2 aromatic heterocycles. The summed E-state index contributed by atoms with van der Waals surface area (Å²) in [4.78, 5) is 30.2. The van der Waals surface area contributed by atoms with Crippen LogP contribution in [-0.4, -0.2) is 15.9 Å². The van der Waals surface area contributed by atoms with E-state index in [4.69, 9.17) is 0 Å². The zero-order valence-corrected chi connectivity index (χ0v) is 13.9. The Balaban J connectivity index is 1.82. The van der Waals surface area contributed by atoms with Crippen LogP contribution in [0, 0.1) is 23.3 Å². The van der Waals surface area contributed by atoms with Gasteiger partial charge in [0.1, 0.15) is 11.6 Å². The second-order valence-electron chi connectivity index (χ2n) is 5.93. The van der Waals surface area contributed by atoms with E-state index in [1.54, 1.807) is 0 Å². The van der Waals surface area contributed by atoms with E-state index in [1.165, 1.54) is 13.0 Å². The number of carbonyl (C=O) groups excluding carboxylic acids is 1. The topological polar surface area (TPSA) is 74.8 Å². The fraction of sp³-hybridized carbons (Fsp3) is 0.167. The Hall–Kier alpha value is -3.23. The van der Waals surface area contributed by atoms with Gasteiger partial charge in [0, 0.05) is 17.0 Å². The Morgan fingerprint density at radius 2 is 1.93 bits per heavy atom. The fourth-order valence-corrected chi connectivity index (χ4v) is 2.67. The summed E-state index contributed by atoms with van der Waals surface area (Å²) in [5.41, 5.74) is -0.814. The Morgan fingerprint density at radius 1 is 1.19 bits per heavy atom. The maximum Gasteiger partial charge on any atom is 0.252 e. The number of halogens is 4. The van der Waals surface area contributed by atoms with Crippen molar-refractivity contribution in [3.63, 3.8) is 0 Å². The quantitative estimate of drug-likeness (QED) is 0.685. The Labute approximate surface area is 150 Å². The minimum Gasteiger partial charge on any atom is -0.348 e. The number of nitrogens with zero attached hydrogens (tertiary/aromatic N) is 1. The predicted octanol–water partition coefficient (Wildman–Crippen LogP) is 2.90. The lowest BCUT2D eigenvalue weighted by atomic mass is 10.1. The number of hydrogen-bond acceptors (Lipinski definition) is 3. The zero-order chi connectivity index (χ0) is 19.7. The molecule has 0 unspecified atom stereocenters. The first-order valence-corrected chi connectivity index (χ1v) is 7.86. The predicted molar refractivity (Wildman–Crippen MR) is 88.9 cm³/mol. The van der Waals surface area contributed by atoms with Crippen molar-refractivity contribution >= 4 is 16.8 Å². The lowest BCUT2D eigenvalue weighted by Gasteiger charge is -2.14. The maximum absolute atomic E-state index is 13.9. The van der Waals surface area contributed by atoms with Gasteiger partial charge in [-0.25, -0.2) is 17.6 Å². The van der Waals surface area contributed by atoms with Crippen LogP contribution in [0.15, 0.2) is 35.3 Å². The monoisotopic (exact) mass is 379 g/mol. The third kappa shape index (κ3) is 3.81. The van der Waals surface area contributed by atoms with Crippen LogP contribution in [0.4, 0.5) is 17.6 Å². The summed E-state index contributed by atoms with van der Waals surface area (Å²) >= 11 is 0. The normalized spacial score (nSPS) is 12.2. The fourth-order valence-electron chi connectivity index (χ4n) is 2.67. The smallest absolute Gasteiger partial charge is 0.252 e. The highest BCUT2D eigenvalue weighted by atomic mass is 19.2. The third-order valence-corrected chi connectivity index (χ3v) is 3.97. The number of rotatable bonds is 4. The first-order chi connectivity index (χ1) is 12.8. The van der Waals surface area contributed by atoms with E-state index in [0.717, 1.165) is 18.3 Å². The molecule has 3 rings (SSSR count). The van der Waals surface area contributed by atoms with Gasteiger partial charge in [0.15, 0.2) is 11.6 Å². The van der Waals surface area contributed by atoms with Gasteiger partial charge in [-0.1, -0.05) is 0 Å². The minimum absolute atomic E-state index is 0.0917. The molecule has 1 aromatic carbocycles. The van der Waals surface area contributed by atoms with Crippen LogP contribution >= 0.6 is 0 Å². The summed E-state index contributed by atoms with van der Waals surface area (Å²) in [5.74, 6) is -4.68. The van der Waals surface area contributed by atoms with E-state index in [2.05, 4.69) is 15.3 Å². The Morgan fingerprint density at radius 3 is 2.63 bits per heavy atom. The number of H-pyrrole nitrogens is 1. The first-order valence-electron chi connectivity index (χ1n) is 7.86. The molecule has 5 nitrogen and oxygen atoms in total. The molecule has 0 aliphatic heterocycles. The molecule has 27 heavy (non-hydrogen) atoms. The molecule has 0 spiro atoms. The van der Waals surface area contributed by atoms with Crippen molar-refractivity contribution in [2.75, 3.05) is 0 Å². The Kier molecular flexibility index (Phi) is 4.93. The molecule has 2 heterocycles. The van der Waals surface area contributed by atoms with Crippen molar-refractivity contribution < 1.29 is 22.4 Å². The van der Waals surface area contributed by atoms with Gasteiger partial charge >= 0.3 is 0 Å². The number of aromatic nitrogens is 2. The number of pyridine rings is 2. The minimum atomic E-state index is -1.14. The van der Waals surface area contributed by atoms with Crippen molar-refractivity contribution in [3.8, 4) is 0 Å². The molecule has 0 aliphatic rings. The molecular weight excluding hydrogens is 366 g/mol. The molecule has 0 bridgehead atoms. The van der Waals surface area contributed by atoms with Crippen molar-refractivity contribution in [2.45, 2.75) is 19.4 Å². The van der Waals surface area contributed by atoms with Crippen LogP contribution in [0.5, 0.6) is 0 Å². The van der Waals surface area contributed by atoms with Gasteiger partial charge in [0.05, 0.1) is 29.9 Å². The summed E-state index contributed by atoms with van der Waals surface area (Å²) in [6.07, 6.45) is 0.362.